The molecule has 0 unspecified atom stereocenters. The minimum Gasteiger partial charge on any atom is -0.416 e. The fraction of sp³-hybridized carbons (Fsp3) is 0.429. The van der Waals surface area contributed by atoms with Crippen LogP contribution in [0.25, 0.3) is 0 Å². The van der Waals surface area contributed by atoms with Crippen molar-refractivity contribution in [3.05, 3.63) is 17.6 Å². The Bertz CT molecular complexity index is 442. The maximum Gasteiger partial charge on any atom is 0.277 e. The fourth-order valence-electron chi connectivity index (χ4n) is 0.873. The van der Waals surface area contributed by atoms with E-state index in [1.54, 1.807) is 6.92 Å². The van der Waals surface area contributed by atoms with E-state index in [2.05, 4.69) is 33.0 Å². The predicted molar refractivity (Wildman–Crippen MR) is 55.6 cm³/mol. The Labute approximate surface area is 95.2 Å². The first-order chi connectivity index (χ1) is 7.28. The lowest BCUT2D eigenvalue weighted by Crippen LogP contribution is -1.83. The standard InChI is InChI=1S/C7H8N4O2S2/c1-4-9-10-7(12-4)15-3-6-8-5(2-14)11-13-6/h14H,2-3H2,1H3. The van der Waals surface area contributed by atoms with Gasteiger partial charge in [-0.15, -0.1) is 10.2 Å². The van der Waals surface area contributed by atoms with Gasteiger partial charge in [-0.25, -0.2) is 0 Å². The second kappa shape index (κ2) is 4.67. The highest BCUT2D eigenvalue weighted by atomic mass is 32.2. The van der Waals surface area contributed by atoms with Crippen LogP contribution in [0, 0.1) is 6.92 Å². The minimum atomic E-state index is 0.466. The summed E-state index contributed by atoms with van der Waals surface area (Å²) in [6.45, 7) is 1.74. The molecule has 0 aromatic carbocycles. The molecule has 0 radical (unpaired) electrons. The van der Waals surface area contributed by atoms with Gasteiger partial charge in [0.2, 0.25) is 11.8 Å². The average molecular weight is 244 g/mol. The van der Waals surface area contributed by atoms with E-state index >= 15 is 0 Å². The molecule has 0 N–H and O–H groups in total. The summed E-state index contributed by atoms with van der Waals surface area (Å²) >= 11 is 5.39. The number of hydrogen-bond donors (Lipinski definition) is 1. The number of thioether (sulfide) groups is 1. The van der Waals surface area contributed by atoms with E-state index in [1.807, 2.05) is 0 Å². The van der Waals surface area contributed by atoms with Crippen molar-refractivity contribution in [1.29, 1.82) is 0 Å². The van der Waals surface area contributed by atoms with Crippen LogP contribution in [0.5, 0.6) is 0 Å². The lowest BCUT2D eigenvalue weighted by Gasteiger charge is -1.88. The van der Waals surface area contributed by atoms with Crippen LogP contribution in [0.1, 0.15) is 17.6 Å². The molecule has 0 aliphatic carbocycles. The number of thiol groups is 1. The lowest BCUT2D eigenvalue weighted by molar-refractivity contribution is 0.385. The Morgan fingerprint density at radius 1 is 1.40 bits per heavy atom. The van der Waals surface area contributed by atoms with Crippen molar-refractivity contribution in [2.24, 2.45) is 0 Å². The molecule has 80 valence electrons. The lowest BCUT2D eigenvalue weighted by atomic mass is 10.7. The largest absolute Gasteiger partial charge is 0.416 e. The van der Waals surface area contributed by atoms with Crippen LogP contribution in [-0.2, 0) is 11.5 Å². The van der Waals surface area contributed by atoms with Gasteiger partial charge in [-0.3, -0.25) is 0 Å². The third kappa shape index (κ3) is 2.72. The predicted octanol–water partition coefficient (Wildman–Crippen LogP) is 1.48. The van der Waals surface area contributed by atoms with Crippen molar-refractivity contribution in [1.82, 2.24) is 20.3 Å². The molecular weight excluding hydrogens is 236 g/mol. The second-order valence-corrected chi connectivity index (χ2v) is 3.88. The number of nitrogens with zero attached hydrogens (tertiary/aromatic N) is 4. The van der Waals surface area contributed by atoms with E-state index in [1.165, 1.54) is 11.8 Å². The van der Waals surface area contributed by atoms with Crippen molar-refractivity contribution < 1.29 is 8.94 Å². The highest BCUT2D eigenvalue weighted by Gasteiger charge is 2.08. The number of hydrogen-bond acceptors (Lipinski definition) is 8. The van der Waals surface area contributed by atoms with Crippen LogP contribution in [0.4, 0.5) is 0 Å². The first kappa shape index (κ1) is 10.5. The van der Waals surface area contributed by atoms with E-state index in [4.69, 9.17) is 8.94 Å². The molecule has 2 aromatic heterocycles. The molecule has 0 fully saturated rings. The summed E-state index contributed by atoms with van der Waals surface area (Å²) in [5.74, 6) is 2.63. The smallest absolute Gasteiger partial charge is 0.277 e. The number of aromatic nitrogens is 4. The highest BCUT2D eigenvalue weighted by molar-refractivity contribution is 7.98. The van der Waals surface area contributed by atoms with Gasteiger partial charge in [0, 0.05) is 6.92 Å². The molecule has 0 saturated carbocycles. The molecule has 0 aliphatic rings. The first-order valence-corrected chi connectivity index (χ1v) is 5.75. The topological polar surface area (TPSA) is 77.8 Å². The summed E-state index contributed by atoms with van der Waals surface area (Å²) in [4.78, 5) is 4.09. The van der Waals surface area contributed by atoms with Crippen LogP contribution in [-0.4, -0.2) is 20.3 Å². The van der Waals surface area contributed by atoms with Gasteiger partial charge in [0.05, 0.1) is 11.5 Å². The van der Waals surface area contributed by atoms with Gasteiger partial charge in [0.15, 0.2) is 5.82 Å². The summed E-state index contributed by atoms with van der Waals surface area (Å²) in [5, 5.41) is 11.7. The summed E-state index contributed by atoms with van der Waals surface area (Å²) < 4.78 is 10.1. The zero-order chi connectivity index (χ0) is 10.7. The molecule has 2 aromatic rings. The van der Waals surface area contributed by atoms with Gasteiger partial charge in [0.25, 0.3) is 5.22 Å². The van der Waals surface area contributed by atoms with Gasteiger partial charge in [-0.05, 0) is 0 Å². The Morgan fingerprint density at radius 3 is 2.87 bits per heavy atom. The molecule has 2 rings (SSSR count). The quantitative estimate of drug-likeness (QED) is 0.644. The van der Waals surface area contributed by atoms with E-state index in [-0.39, 0.29) is 0 Å². The summed E-state index contributed by atoms with van der Waals surface area (Å²) in [7, 11) is 0. The van der Waals surface area contributed by atoms with Crippen molar-refractivity contribution in [3.8, 4) is 0 Å². The van der Waals surface area contributed by atoms with E-state index in [0.717, 1.165) is 0 Å². The van der Waals surface area contributed by atoms with Crippen LogP contribution in [0.15, 0.2) is 14.2 Å². The van der Waals surface area contributed by atoms with Crippen molar-refractivity contribution in [3.63, 3.8) is 0 Å². The fourth-order valence-corrected chi connectivity index (χ4v) is 1.64. The molecule has 6 nitrogen and oxygen atoms in total. The maximum atomic E-state index is 5.17. The van der Waals surface area contributed by atoms with Gasteiger partial charge in [-0.1, -0.05) is 16.9 Å². The summed E-state index contributed by atoms with van der Waals surface area (Å²) in [5.41, 5.74) is 0. The molecule has 2 heterocycles. The Kier molecular flexibility index (Phi) is 3.27. The number of rotatable bonds is 4. The maximum absolute atomic E-state index is 5.17. The van der Waals surface area contributed by atoms with Gasteiger partial charge in [0.1, 0.15) is 0 Å². The minimum absolute atomic E-state index is 0.466. The molecular formula is C7H8N4O2S2. The summed E-state index contributed by atoms with van der Waals surface area (Å²) in [6, 6.07) is 0. The molecule has 0 spiro atoms. The molecule has 0 bridgehead atoms. The van der Waals surface area contributed by atoms with Gasteiger partial charge < -0.3 is 8.94 Å². The zero-order valence-electron chi connectivity index (χ0n) is 7.88. The number of aryl methyl sites for hydroxylation is 1. The summed E-state index contributed by atoms with van der Waals surface area (Å²) in [6.07, 6.45) is 0. The molecule has 0 aliphatic heterocycles. The second-order valence-electron chi connectivity index (χ2n) is 2.64. The third-order valence-corrected chi connectivity index (χ3v) is 2.56. The molecule has 8 heteroatoms. The van der Waals surface area contributed by atoms with Crippen LogP contribution < -0.4 is 0 Å². The van der Waals surface area contributed by atoms with Crippen molar-refractivity contribution in [2.45, 2.75) is 23.7 Å². The highest BCUT2D eigenvalue weighted by Crippen LogP contribution is 2.20. The monoisotopic (exact) mass is 244 g/mol. The zero-order valence-corrected chi connectivity index (χ0v) is 9.59. The SMILES string of the molecule is Cc1nnc(SCc2nc(CS)no2)o1. The van der Waals surface area contributed by atoms with Crippen molar-refractivity contribution >= 4 is 24.4 Å². The first-order valence-electron chi connectivity index (χ1n) is 4.13. The normalized spacial score (nSPS) is 10.8. The molecule has 0 atom stereocenters. The molecule has 0 saturated heterocycles. The van der Waals surface area contributed by atoms with Crippen LogP contribution in [0.2, 0.25) is 0 Å². The van der Waals surface area contributed by atoms with E-state index in [9.17, 15) is 0 Å². The van der Waals surface area contributed by atoms with Gasteiger partial charge in [-0.2, -0.15) is 17.6 Å². The molecule has 0 amide bonds. The Balaban J connectivity index is 1.93. The Hall–Kier alpha value is -1.02. The van der Waals surface area contributed by atoms with Gasteiger partial charge >= 0.3 is 0 Å². The average Bonchev–Trinajstić information content (AvgIpc) is 2.83. The van der Waals surface area contributed by atoms with Crippen LogP contribution >= 0.6 is 24.4 Å². The Morgan fingerprint density at radius 2 is 2.27 bits per heavy atom. The van der Waals surface area contributed by atoms with E-state index in [0.29, 0.717) is 34.3 Å². The third-order valence-electron chi connectivity index (χ3n) is 1.48. The van der Waals surface area contributed by atoms with Crippen LogP contribution in [0.3, 0.4) is 0 Å². The molecule has 15 heavy (non-hydrogen) atoms. The van der Waals surface area contributed by atoms with E-state index < -0.39 is 0 Å². The van der Waals surface area contributed by atoms with Crippen molar-refractivity contribution in [2.75, 3.05) is 0 Å².